The number of fused-ring (bicyclic) bond motifs is 3. The fourth-order valence-corrected chi connectivity index (χ4v) is 3.10. The molecule has 3 atom stereocenters. The van der Waals surface area contributed by atoms with E-state index in [9.17, 15) is 4.79 Å². The van der Waals surface area contributed by atoms with Crippen LogP contribution in [0.15, 0.2) is 0 Å². The summed E-state index contributed by atoms with van der Waals surface area (Å²) >= 11 is 0. The molecule has 3 heterocycles. The monoisotopic (exact) mass is 181 g/mol. The molecule has 0 saturated carbocycles. The predicted octanol–water partition coefficient (Wildman–Crippen LogP) is 0.786. The van der Waals surface area contributed by atoms with Gasteiger partial charge in [0.1, 0.15) is 6.10 Å². The van der Waals surface area contributed by atoms with E-state index < -0.39 is 0 Å². The number of hydrogen-bond donors (Lipinski definition) is 0. The van der Waals surface area contributed by atoms with Crippen LogP contribution in [0.4, 0.5) is 0 Å². The van der Waals surface area contributed by atoms with Gasteiger partial charge < -0.3 is 4.74 Å². The first-order valence-electron chi connectivity index (χ1n) is 5.28. The van der Waals surface area contributed by atoms with Crippen molar-refractivity contribution in [1.29, 1.82) is 0 Å². The van der Waals surface area contributed by atoms with Crippen molar-refractivity contribution in [3.63, 3.8) is 0 Å². The van der Waals surface area contributed by atoms with Gasteiger partial charge >= 0.3 is 5.97 Å². The molecule has 0 aromatic carbocycles. The van der Waals surface area contributed by atoms with E-state index in [1.165, 1.54) is 25.8 Å². The number of hydrogen-bond acceptors (Lipinski definition) is 3. The zero-order chi connectivity index (χ0) is 8.84. The van der Waals surface area contributed by atoms with Gasteiger partial charge in [-0.3, -0.25) is 9.69 Å². The average Bonchev–Trinajstić information content (AvgIpc) is 2.60. The van der Waals surface area contributed by atoms with Crippen LogP contribution in [0.1, 0.15) is 25.7 Å². The van der Waals surface area contributed by atoms with E-state index in [0.717, 1.165) is 6.54 Å². The van der Waals surface area contributed by atoms with Gasteiger partial charge in [0, 0.05) is 18.5 Å². The van der Waals surface area contributed by atoms with Crippen molar-refractivity contribution in [2.45, 2.75) is 37.8 Å². The summed E-state index contributed by atoms with van der Waals surface area (Å²) in [5.74, 6) is 0.538. The maximum absolute atomic E-state index is 11.1. The average molecular weight is 181 g/mol. The molecule has 0 aliphatic carbocycles. The Morgan fingerprint density at radius 3 is 3.23 bits per heavy atom. The third-order valence-electron chi connectivity index (χ3n) is 3.67. The van der Waals surface area contributed by atoms with Crippen molar-refractivity contribution >= 4 is 5.97 Å². The SMILES string of the molecule is O=C1C[C@@H]2CN3CCCC[C@@H]3[C@@H]2O1. The Balaban J connectivity index is 1.80. The van der Waals surface area contributed by atoms with Crippen molar-refractivity contribution in [3.05, 3.63) is 0 Å². The molecule has 13 heavy (non-hydrogen) atoms. The number of ether oxygens (including phenoxy) is 1. The number of carbonyl (C=O) groups excluding carboxylic acids is 1. The van der Waals surface area contributed by atoms with Crippen LogP contribution in [0.25, 0.3) is 0 Å². The molecule has 0 aromatic rings. The Morgan fingerprint density at radius 2 is 2.31 bits per heavy atom. The highest BCUT2D eigenvalue weighted by molar-refractivity contribution is 5.72. The molecule has 0 radical (unpaired) electrons. The highest BCUT2D eigenvalue weighted by atomic mass is 16.6. The first-order valence-corrected chi connectivity index (χ1v) is 5.28. The van der Waals surface area contributed by atoms with Crippen molar-refractivity contribution in [1.82, 2.24) is 4.90 Å². The van der Waals surface area contributed by atoms with Gasteiger partial charge in [0.25, 0.3) is 0 Å². The van der Waals surface area contributed by atoms with Gasteiger partial charge in [0.15, 0.2) is 0 Å². The lowest BCUT2D eigenvalue weighted by atomic mass is 9.97. The number of rotatable bonds is 0. The first kappa shape index (κ1) is 7.80. The minimum absolute atomic E-state index is 0.0280. The summed E-state index contributed by atoms with van der Waals surface area (Å²) < 4.78 is 5.37. The molecule has 0 N–H and O–H groups in total. The molecule has 72 valence electrons. The second-order valence-corrected chi connectivity index (χ2v) is 4.48. The van der Waals surface area contributed by atoms with Crippen molar-refractivity contribution in [3.8, 4) is 0 Å². The molecule has 0 spiro atoms. The van der Waals surface area contributed by atoms with Crippen LogP contribution in [-0.4, -0.2) is 36.1 Å². The van der Waals surface area contributed by atoms with E-state index in [1.54, 1.807) is 0 Å². The third kappa shape index (κ3) is 1.10. The number of nitrogens with zero attached hydrogens (tertiary/aromatic N) is 1. The topological polar surface area (TPSA) is 29.5 Å². The highest BCUT2D eigenvalue weighted by Gasteiger charge is 2.49. The standard InChI is InChI=1S/C10H15NO2/c12-9-5-7-6-11-4-2-1-3-8(11)10(7)13-9/h7-8,10H,1-6H2/t7-,8-,10-/m1/s1. The zero-order valence-electron chi connectivity index (χ0n) is 7.74. The second-order valence-electron chi connectivity index (χ2n) is 4.48. The number of carbonyl (C=O) groups is 1. The summed E-state index contributed by atoms with van der Waals surface area (Å²) in [5, 5.41) is 0. The highest BCUT2D eigenvalue weighted by Crippen LogP contribution is 2.38. The van der Waals surface area contributed by atoms with Crippen LogP contribution >= 0.6 is 0 Å². The van der Waals surface area contributed by atoms with Gasteiger partial charge in [-0.05, 0) is 19.4 Å². The minimum atomic E-state index is 0.0280. The van der Waals surface area contributed by atoms with Crippen LogP contribution in [0.2, 0.25) is 0 Å². The summed E-state index contributed by atoms with van der Waals surface area (Å²) in [6, 6.07) is 0.560. The predicted molar refractivity (Wildman–Crippen MR) is 47.2 cm³/mol. The Bertz CT molecular complexity index is 241. The molecule has 3 rings (SSSR count). The molecule has 3 nitrogen and oxygen atoms in total. The van der Waals surface area contributed by atoms with Crippen LogP contribution in [-0.2, 0) is 9.53 Å². The van der Waals surface area contributed by atoms with Gasteiger partial charge in [-0.2, -0.15) is 0 Å². The quantitative estimate of drug-likeness (QED) is 0.517. The molecule has 0 aromatic heterocycles. The van der Waals surface area contributed by atoms with E-state index in [1.807, 2.05) is 0 Å². The van der Waals surface area contributed by atoms with E-state index in [0.29, 0.717) is 18.4 Å². The maximum Gasteiger partial charge on any atom is 0.306 e. The van der Waals surface area contributed by atoms with E-state index >= 15 is 0 Å². The first-order chi connectivity index (χ1) is 6.34. The van der Waals surface area contributed by atoms with Crippen LogP contribution < -0.4 is 0 Å². The smallest absolute Gasteiger partial charge is 0.306 e. The van der Waals surface area contributed by atoms with Gasteiger partial charge in [-0.25, -0.2) is 0 Å². The zero-order valence-corrected chi connectivity index (χ0v) is 7.74. The molecule has 3 aliphatic heterocycles. The summed E-state index contributed by atoms with van der Waals surface area (Å²) in [6.07, 6.45) is 4.77. The third-order valence-corrected chi connectivity index (χ3v) is 3.67. The Labute approximate surface area is 78.0 Å². The second kappa shape index (κ2) is 2.71. The molecule has 3 aliphatic rings. The lowest BCUT2D eigenvalue weighted by Gasteiger charge is -2.31. The summed E-state index contributed by atoms with van der Waals surface area (Å²) in [5.41, 5.74) is 0. The molecular formula is C10H15NO2. The molecular weight excluding hydrogens is 166 g/mol. The summed E-state index contributed by atoms with van der Waals surface area (Å²) in [7, 11) is 0. The van der Waals surface area contributed by atoms with Crippen LogP contribution in [0.5, 0.6) is 0 Å². The normalized spacial score (nSPS) is 44.3. The number of piperidine rings is 1. The van der Waals surface area contributed by atoms with Gasteiger partial charge in [-0.1, -0.05) is 6.42 Å². The van der Waals surface area contributed by atoms with Crippen molar-refractivity contribution in [2.24, 2.45) is 5.92 Å². The summed E-state index contributed by atoms with van der Waals surface area (Å²) in [4.78, 5) is 13.6. The number of esters is 1. The fraction of sp³-hybridized carbons (Fsp3) is 0.900. The fourth-order valence-electron chi connectivity index (χ4n) is 3.10. The summed E-state index contributed by atoms with van der Waals surface area (Å²) in [6.45, 7) is 2.32. The van der Waals surface area contributed by atoms with Gasteiger partial charge in [0.2, 0.25) is 0 Å². The maximum atomic E-state index is 11.1. The van der Waals surface area contributed by atoms with Gasteiger partial charge in [-0.15, -0.1) is 0 Å². The molecule has 3 heteroatoms. The van der Waals surface area contributed by atoms with Crippen molar-refractivity contribution in [2.75, 3.05) is 13.1 Å². The molecule has 0 unspecified atom stereocenters. The Hall–Kier alpha value is -0.570. The van der Waals surface area contributed by atoms with E-state index in [-0.39, 0.29) is 12.1 Å². The van der Waals surface area contributed by atoms with Crippen molar-refractivity contribution < 1.29 is 9.53 Å². The largest absolute Gasteiger partial charge is 0.460 e. The van der Waals surface area contributed by atoms with Crippen LogP contribution in [0.3, 0.4) is 0 Å². The minimum Gasteiger partial charge on any atom is -0.460 e. The molecule has 0 amide bonds. The molecule has 3 fully saturated rings. The Kier molecular flexibility index (Phi) is 1.62. The Morgan fingerprint density at radius 1 is 1.38 bits per heavy atom. The molecule has 0 bridgehead atoms. The lowest BCUT2D eigenvalue weighted by molar-refractivity contribution is -0.143. The van der Waals surface area contributed by atoms with Crippen LogP contribution in [0, 0.1) is 5.92 Å². The van der Waals surface area contributed by atoms with E-state index in [2.05, 4.69) is 4.90 Å². The lowest BCUT2D eigenvalue weighted by Crippen LogP contribution is -2.39. The molecule has 3 saturated heterocycles. The van der Waals surface area contributed by atoms with Gasteiger partial charge in [0.05, 0.1) is 6.42 Å². The van der Waals surface area contributed by atoms with E-state index in [4.69, 9.17) is 4.74 Å².